The highest BCUT2D eigenvalue weighted by Crippen LogP contribution is 2.21. The van der Waals surface area contributed by atoms with Crippen LogP contribution in [0.4, 0.5) is 11.6 Å². The van der Waals surface area contributed by atoms with Gasteiger partial charge in [0.15, 0.2) is 0 Å². The van der Waals surface area contributed by atoms with Gasteiger partial charge in [0, 0.05) is 30.7 Å². The fourth-order valence-corrected chi connectivity index (χ4v) is 3.51. The molecular weight excluding hydrogens is 324 g/mol. The molecule has 1 aromatic heterocycles. The number of nitrogens with one attached hydrogen (secondary N) is 1. The Morgan fingerprint density at radius 2 is 1.85 bits per heavy atom. The van der Waals surface area contributed by atoms with Gasteiger partial charge in [-0.1, -0.05) is 37.8 Å². The van der Waals surface area contributed by atoms with E-state index in [-0.39, 0.29) is 5.91 Å². The molecule has 1 saturated carbocycles. The molecule has 1 N–H and O–H groups in total. The molecule has 1 aromatic carbocycles. The lowest BCUT2D eigenvalue weighted by atomic mass is 10.1. The zero-order valence-electron chi connectivity index (χ0n) is 15.7. The van der Waals surface area contributed by atoms with Gasteiger partial charge in [0.1, 0.15) is 0 Å². The third-order valence-electron chi connectivity index (χ3n) is 4.96. The first kappa shape index (κ1) is 18.4. The van der Waals surface area contributed by atoms with E-state index in [9.17, 15) is 4.79 Å². The van der Waals surface area contributed by atoms with Gasteiger partial charge < -0.3 is 10.2 Å². The molecule has 1 amide bonds. The van der Waals surface area contributed by atoms with Crippen LogP contribution in [-0.4, -0.2) is 28.5 Å². The van der Waals surface area contributed by atoms with Crippen LogP contribution < -0.4 is 10.2 Å². The van der Waals surface area contributed by atoms with Gasteiger partial charge in [-0.25, -0.2) is 9.97 Å². The van der Waals surface area contributed by atoms with Crippen LogP contribution >= 0.6 is 0 Å². The highest BCUT2D eigenvalue weighted by molar-refractivity contribution is 6.05. The maximum Gasteiger partial charge on any atom is 0.261 e. The molecule has 3 rings (SSSR count). The quantitative estimate of drug-likeness (QED) is 0.800. The summed E-state index contributed by atoms with van der Waals surface area (Å²) in [6, 6.07) is 8.41. The number of hydrogen-bond acceptors (Lipinski definition) is 4. The van der Waals surface area contributed by atoms with E-state index in [1.807, 2.05) is 38.1 Å². The molecule has 1 heterocycles. The van der Waals surface area contributed by atoms with Crippen molar-refractivity contribution in [2.75, 3.05) is 16.8 Å². The Morgan fingerprint density at radius 1 is 1.15 bits per heavy atom. The summed E-state index contributed by atoms with van der Waals surface area (Å²) in [6.45, 7) is 4.60. The molecule has 1 fully saturated rings. The summed E-state index contributed by atoms with van der Waals surface area (Å²) in [5.74, 6) is 0.547. The van der Waals surface area contributed by atoms with Crippen molar-refractivity contribution in [3.63, 3.8) is 0 Å². The lowest BCUT2D eigenvalue weighted by molar-refractivity contribution is 0.0987. The average molecular weight is 352 g/mol. The molecule has 0 saturated heterocycles. The van der Waals surface area contributed by atoms with E-state index < -0.39 is 0 Å². The molecule has 0 atom stereocenters. The van der Waals surface area contributed by atoms with Gasteiger partial charge in [-0.2, -0.15) is 0 Å². The number of carbonyl (C=O) groups excluding carboxylic acids is 1. The highest BCUT2D eigenvalue weighted by Gasteiger charge is 2.18. The topological polar surface area (TPSA) is 58.1 Å². The molecular formula is C21H28N4O. The van der Waals surface area contributed by atoms with Crippen LogP contribution in [0.15, 0.2) is 36.7 Å². The Bertz CT molecular complexity index is 721. The first-order valence-corrected chi connectivity index (χ1v) is 9.64. The van der Waals surface area contributed by atoms with Gasteiger partial charge in [0.05, 0.1) is 5.56 Å². The van der Waals surface area contributed by atoms with Gasteiger partial charge in [-0.3, -0.25) is 4.79 Å². The van der Waals surface area contributed by atoms with Crippen LogP contribution in [0.2, 0.25) is 0 Å². The Morgan fingerprint density at radius 3 is 2.46 bits per heavy atom. The van der Waals surface area contributed by atoms with E-state index in [4.69, 9.17) is 0 Å². The van der Waals surface area contributed by atoms with Crippen LogP contribution in [0, 0.1) is 6.92 Å². The Hall–Kier alpha value is -2.43. The molecule has 0 bridgehead atoms. The maximum absolute atomic E-state index is 12.9. The van der Waals surface area contributed by atoms with Crippen molar-refractivity contribution in [2.24, 2.45) is 0 Å². The minimum atomic E-state index is -0.0703. The molecule has 5 heteroatoms. The molecule has 26 heavy (non-hydrogen) atoms. The van der Waals surface area contributed by atoms with Gasteiger partial charge >= 0.3 is 0 Å². The standard InChI is InChI=1S/C21H28N4O/c1-3-25(19-12-8-9-16(2)13-19)20(26)17-14-22-21(23-15-17)24-18-10-6-4-5-7-11-18/h8-9,12-15,18H,3-7,10-11H2,1-2H3,(H,22,23,24). The second-order valence-electron chi connectivity index (χ2n) is 7.02. The summed E-state index contributed by atoms with van der Waals surface area (Å²) in [5.41, 5.74) is 2.55. The SMILES string of the molecule is CCN(C(=O)c1cnc(NC2CCCCCC2)nc1)c1cccc(C)c1. The Labute approximate surface area is 155 Å². The van der Waals surface area contributed by atoms with Crippen molar-refractivity contribution < 1.29 is 4.79 Å². The van der Waals surface area contributed by atoms with E-state index >= 15 is 0 Å². The molecule has 0 unspecified atom stereocenters. The lowest BCUT2D eigenvalue weighted by Crippen LogP contribution is -2.31. The average Bonchev–Trinajstić information content (AvgIpc) is 2.92. The predicted molar refractivity (Wildman–Crippen MR) is 106 cm³/mol. The number of nitrogens with zero attached hydrogens (tertiary/aromatic N) is 3. The second kappa shape index (κ2) is 8.79. The number of aryl methyl sites for hydroxylation is 1. The van der Waals surface area contributed by atoms with Gasteiger partial charge in [0.25, 0.3) is 5.91 Å². The third kappa shape index (κ3) is 4.59. The molecule has 1 aliphatic rings. The van der Waals surface area contributed by atoms with Crippen molar-refractivity contribution in [1.29, 1.82) is 0 Å². The zero-order valence-corrected chi connectivity index (χ0v) is 15.7. The Balaban J connectivity index is 1.69. The van der Waals surface area contributed by atoms with Crippen LogP contribution in [0.5, 0.6) is 0 Å². The smallest absolute Gasteiger partial charge is 0.261 e. The van der Waals surface area contributed by atoms with Crippen molar-refractivity contribution in [1.82, 2.24) is 9.97 Å². The van der Waals surface area contributed by atoms with E-state index in [0.29, 0.717) is 24.1 Å². The predicted octanol–water partition coefficient (Wildman–Crippen LogP) is 4.59. The summed E-state index contributed by atoms with van der Waals surface area (Å²) in [7, 11) is 0. The fourth-order valence-electron chi connectivity index (χ4n) is 3.51. The molecule has 0 spiro atoms. The second-order valence-corrected chi connectivity index (χ2v) is 7.02. The Kier molecular flexibility index (Phi) is 6.21. The van der Waals surface area contributed by atoms with Gasteiger partial charge in [-0.05, 0) is 44.4 Å². The molecule has 138 valence electrons. The fraction of sp³-hybridized carbons (Fsp3) is 0.476. The van der Waals surface area contributed by atoms with Crippen LogP contribution in [0.3, 0.4) is 0 Å². The summed E-state index contributed by atoms with van der Waals surface area (Å²) in [4.78, 5) is 23.4. The number of benzene rings is 1. The van der Waals surface area contributed by atoms with Crippen LogP contribution in [-0.2, 0) is 0 Å². The highest BCUT2D eigenvalue weighted by atomic mass is 16.2. The van der Waals surface area contributed by atoms with Crippen molar-refractivity contribution in [2.45, 2.75) is 58.4 Å². The number of carbonyl (C=O) groups is 1. The minimum absolute atomic E-state index is 0.0703. The third-order valence-corrected chi connectivity index (χ3v) is 4.96. The number of hydrogen-bond donors (Lipinski definition) is 1. The summed E-state index contributed by atoms with van der Waals surface area (Å²) in [6.07, 6.45) is 10.8. The zero-order chi connectivity index (χ0) is 18.4. The van der Waals surface area contributed by atoms with Crippen molar-refractivity contribution in [3.05, 3.63) is 47.8 Å². The number of anilines is 2. The van der Waals surface area contributed by atoms with E-state index in [1.54, 1.807) is 17.3 Å². The first-order chi connectivity index (χ1) is 12.7. The minimum Gasteiger partial charge on any atom is -0.351 e. The first-order valence-electron chi connectivity index (χ1n) is 9.64. The number of rotatable bonds is 5. The monoisotopic (exact) mass is 352 g/mol. The summed E-state index contributed by atoms with van der Waals surface area (Å²) in [5, 5.41) is 3.42. The summed E-state index contributed by atoms with van der Waals surface area (Å²) < 4.78 is 0. The van der Waals surface area contributed by atoms with E-state index in [0.717, 1.165) is 11.3 Å². The summed E-state index contributed by atoms with van der Waals surface area (Å²) >= 11 is 0. The van der Waals surface area contributed by atoms with Crippen LogP contribution in [0.25, 0.3) is 0 Å². The van der Waals surface area contributed by atoms with Gasteiger partial charge in [-0.15, -0.1) is 0 Å². The molecule has 1 aliphatic carbocycles. The van der Waals surface area contributed by atoms with Gasteiger partial charge in [0.2, 0.25) is 5.95 Å². The lowest BCUT2D eigenvalue weighted by Gasteiger charge is -2.21. The molecule has 5 nitrogen and oxygen atoms in total. The van der Waals surface area contributed by atoms with E-state index in [1.165, 1.54) is 38.5 Å². The normalized spacial score (nSPS) is 15.3. The number of aromatic nitrogens is 2. The molecule has 0 aliphatic heterocycles. The number of amides is 1. The molecule has 0 radical (unpaired) electrons. The van der Waals surface area contributed by atoms with Crippen molar-refractivity contribution >= 4 is 17.5 Å². The van der Waals surface area contributed by atoms with Crippen LogP contribution in [0.1, 0.15) is 61.4 Å². The maximum atomic E-state index is 12.9. The molecule has 2 aromatic rings. The van der Waals surface area contributed by atoms with Crippen molar-refractivity contribution in [3.8, 4) is 0 Å². The largest absolute Gasteiger partial charge is 0.351 e. The van der Waals surface area contributed by atoms with E-state index in [2.05, 4.69) is 15.3 Å².